The van der Waals surface area contributed by atoms with Gasteiger partial charge in [0.25, 0.3) is 5.91 Å². The standard InChI is InChI=1S/C19H18N4O/c1-13-9-15(7-8-17(13)23-12-20-11-21-23)19(24)22-10-14(2)16-5-3-4-6-18(16)22/h3-9,11-12,14H,10H2,1-2H3. The van der Waals surface area contributed by atoms with Gasteiger partial charge >= 0.3 is 0 Å². The number of rotatable bonds is 2. The molecule has 24 heavy (non-hydrogen) atoms. The molecule has 120 valence electrons. The zero-order chi connectivity index (χ0) is 16.7. The first-order valence-corrected chi connectivity index (χ1v) is 8.01. The fourth-order valence-electron chi connectivity index (χ4n) is 3.35. The Kier molecular flexibility index (Phi) is 3.41. The van der Waals surface area contributed by atoms with Crippen LogP contribution in [0.4, 0.5) is 5.69 Å². The maximum atomic E-state index is 13.0. The van der Waals surface area contributed by atoms with E-state index in [1.54, 1.807) is 11.0 Å². The highest BCUT2D eigenvalue weighted by Gasteiger charge is 2.30. The summed E-state index contributed by atoms with van der Waals surface area (Å²) in [7, 11) is 0. The van der Waals surface area contributed by atoms with Crippen LogP contribution in [0.5, 0.6) is 0 Å². The Balaban J connectivity index is 1.68. The fraction of sp³-hybridized carbons (Fsp3) is 0.211. The summed E-state index contributed by atoms with van der Waals surface area (Å²) in [5.41, 5.74) is 4.88. The Morgan fingerprint density at radius 3 is 2.75 bits per heavy atom. The van der Waals surface area contributed by atoms with Crippen LogP contribution >= 0.6 is 0 Å². The Bertz CT molecular complexity index is 901. The molecule has 3 aromatic rings. The van der Waals surface area contributed by atoms with Gasteiger partial charge in [-0.25, -0.2) is 9.67 Å². The molecule has 1 aliphatic heterocycles. The molecule has 5 nitrogen and oxygen atoms in total. The zero-order valence-electron chi connectivity index (χ0n) is 13.7. The van der Waals surface area contributed by atoms with Gasteiger partial charge in [-0.15, -0.1) is 0 Å². The molecular weight excluding hydrogens is 300 g/mol. The second-order valence-electron chi connectivity index (χ2n) is 6.22. The fourth-order valence-corrected chi connectivity index (χ4v) is 3.35. The number of hydrogen-bond acceptors (Lipinski definition) is 3. The molecule has 1 atom stereocenters. The average Bonchev–Trinajstić information content (AvgIpc) is 3.23. The van der Waals surface area contributed by atoms with Crippen LogP contribution in [0.15, 0.2) is 55.1 Å². The molecule has 2 heterocycles. The van der Waals surface area contributed by atoms with Crippen LogP contribution < -0.4 is 4.90 Å². The van der Waals surface area contributed by atoms with E-state index in [1.165, 1.54) is 11.9 Å². The molecule has 1 aromatic heterocycles. The molecular formula is C19H18N4O. The van der Waals surface area contributed by atoms with Gasteiger partial charge in [0.15, 0.2) is 0 Å². The van der Waals surface area contributed by atoms with Gasteiger partial charge in [0.05, 0.1) is 5.69 Å². The predicted octanol–water partition coefficient (Wildman–Crippen LogP) is 3.34. The van der Waals surface area contributed by atoms with Crippen molar-refractivity contribution in [1.82, 2.24) is 14.8 Å². The second-order valence-corrected chi connectivity index (χ2v) is 6.22. The van der Waals surface area contributed by atoms with E-state index in [-0.39, 0.29) is 5.91 Å². The maximum absolute atomic E-state index is 13.0. The van der Waals surface area contributed by atoms with Crippen molar-refractivity contribution >= 4 is 11.6 Å². The van der Waals surface area contributed by atoms with Gasteiger partial charge in [-0.05, 0) is 42.3 Å². The third-order valence-corrected chi connectivity index (χ3v) is 4.57. The number of aryl methyl sites for hydroxylation is 1. The SMILES string of the molecule is Cc1cc(C(=O)N2CC(C)c3ccccc32)ccc1-n1cncn1. The van der Waals surface area contributed by atoms with Crippen molar-refractivity contribution in [3.05, 3.63) is 71.8 Å². The van der Waals surface area contributed by atoms with Gasteiger partial charge in [-0.1, -0.05) is 25.1 Å². The van der Waals surface area contributed by atoms with E-state index in [2.05, 4.69) is 23.1 Å². The van der Waals surface area contributed by atoms with Gasteiger partial charge < -0.3 is 4.90 Å². The van der Waals surface area contributed by atoms with E-state index in [4.69, 9.17) is 0 Å². The second kappa shape index (κ2) is 5.60. The van der Waals surface area contributed by atoms with E-state index in [1.807, 2.05) is 48.2 Å². The van der Waals surface area contributed by atoms with Gasteiger partial charge in [0.2, 0.25) is 0 Å². The van der Waals surface area contributed by atoms with E-state index >= 15 is 0 Å². The van der Waals surface area contributed by atoms with Crippen molar-refractivity contribution in [1.29, 1.82) is 0 Å². The smallest absolute Gasteiger partial charge is 0.258 e. The molecule has 0 radical (unpaired) electrons. The van der Waals surface area contributed by atoms with Crippen molar-refractivity contribution in [2.24, 2.45) is 0 Å². The number of carbonyl (C=O) groups excluding carboxylic acids is 1. The molecule has 1 unspecified atom stereocenters. The number of hydrogen-bond donors (Lipinski definition) is 0. The molecule has 1 aliphatic rings. The molecule has 1 amide bonds. The van der Waals surface area contributed by atoms with Crippen LogP contribution in [-0.4, -0.2) is 27.2 Å². The summed E-state index contributed by atoms with van der Waals surface area (Å²) in [6, 6.07) is 13.8. The molecule has 0 aliphatic carbocycles. The summed E-state index contributed by atoms with van der Waals surface area (Å²) in [6.07, 6.45) is 3.16. The largest absolute Gasteiger partial charge is 0.307 e. The summed E-state index contributed by atoms with van der Waals surface area (Å²) in [6.45, 7) is 4.86. The highest BCUT2D eigenvalue weighted by atomic mass is 16.2. The molecule has 4 rings (SSSR count). The molecule has 2 aromatic carbocycles. The quantitative estimate of drug-likeness (QED) is 0.728. The molecule has 0 saturated heterocycles. The van der Waals surface area contributed by atoms with Gasteiger partial charge in [-0.2, -0.15) is 5.10 Å². The molecule has 0 fully saturated rings. The molecule has 0 saturated carbocycles. The lowest BCUT2D eigenvalue weighted by atomic mass is 10.0. The van der Waals surface area contributed by atoms with E-state index < -0.39 is 0 Å². The number of benzene rings is 2. The highest BCUT2D eigenvalue weighted by Crippen LogP contribution is 2.36. The van der Waals surface area contributed by atoms with Crippen molar-refractivity contribution < 1.29 is 4.79 Å². The lowest BCUT2D eigenvalue weighted by Gasteiger charge is -2.18. The van der Waals surface area contributed by atoms with Crippen LogP contribution in [0.2, 0.25) is 0 Å². The summed E-state index contributed by atoms with van der Waals surface area (Å²) in [5.74, 6) is 0.403. The van der Waals surface area contributed by atoms with Crippen molar-refractivity contribution in [2.75, 3.05) is 11.4 Å². The summed E-state index contributed by atoms with van der Waals surface area (Å²) in [5, 5.41) is 4.15. The van der Waals surface area contributed by atoms with Crippen LogP contribution in [0.3, 0.4) is 0 Å². The van der Waals surface area contributed by atoms with Gasteiger partial charge in [0.1, 0.15) is 12.7 Å². The Morgan fingerprint density at radius 1 is 1.17 bits per heavy atom. The number of aromatic nitrogens is 3. The maximum Gasteiger partial charge on any atom is 0.258 e. The monoisotopic (exact) mass is 318 g/mol. The van der Waals surface area contributed by atoms with Crippen molar-refractivity contribution in [2.45, 2.75) is 19.8 Å². The topological polar surface area (TPSA) is 51.0 Å². The first-order valence-electron chi connectivity index (χ1n) is 8.01. The number of anilines is 1. The zero-order valence-corrected chi connectivity index (χ0v) is 13.7. The lowest BCUT2D eigenvalue weighted by molar-refractivity contribution is 0.0988. The minimum absolute atomic E-state index is 0.0417. The molecule has 0 spiro atoms. The van der Waals surface area contributed by atoms with Crippen molar-refractivity contribution in [3.63, 3.8) is 0 Å². The molecule has 0 bridgehead atoms. The summed E-state index contributed by atoms with van der Waals surface area (Å²) < 4.78 is 1.71. The minimum atomic E-state index is 0.0417. The first-order chi connectivity index (χ1) is 11.6. The Morgan fingerprint density at radius 2 is 2.00 bits per heavy atom. The van der Waals surface area contributed by atoms with Crippen LogP contribution in [0, 0.1) is 6.92 Å². The van der Waals surface area contributed by atoms with E-state index in [0.717, 1.165) is 23.5 Å². The summed E-state index contributed by atoms with van der Waals surface area (Å²) >= 11 is 0. The van der Waals surface area contributed by atoms with Crippen molar-refractivity contribution in [3.8, 4) is 5.69 Å². The first kappa shape index (κ1) is 14.6. The normalized spacial score (nSPS) is 16.2. The number of amides is 1. The van der Waals surface area contributed by atoms with Crippen LogP contribution in [-0.2, 0) is 0 Å². The number of carbonyl (C=O) groups is 1. The van der Waals surface area contributed by atoms with Gasteiger partial charge in [0, 0.05) is 23.7 Å². The third kappa shape index (κ3) is 2.29. The Labute approximate surface area is 140 Å². The van der Waals surface area contributed by atoms with Gasteiger partial charge in [-0.3, -0.25) is 4.79 Å². The minimum Gasteiger partial charge on any atom is -0.307 e. The average molecular weight is 318 g/mol. The van der Waals surface area contributed by atoms with Crippen LogP contribution in [0.1, 0.15) is 34.3 Å². The molecule has 0 N–H and O–H groups in total. The number of para-hydroxylation sites is 1. The third-order valence-electron chi connectivity index (χ3n) is 4.57. The summed E-state index contributed by atoms with van der Waals surface area (Å²) in [4.78, 5) is 18.8. The number of nitrogens with zero attached hydrogens (tertiary/aromatic N) is 4. The van der Waals surface area contributed by atoms with E-state index in [0.29, 0.717) is 11.5 Å². The van der Waals surface area contributed by atoms with Crippen LogP contribution in [0.25, 0.3) is 5.69 Å². The number of fused-ring (bicyclic) bond motifs is 1. The van der Waals surface area contributed by atoms with E-state index in [9.17, 15) is 4.79 Å². The lowest BCUT2D eigenvalue weighted by Crippen LogP contribution is -2.29. The molecule has 5 heteroatoms. The highest BCUT2D eigenvalue weighted by molar-refractivity contribution is 6.07. The predicted molar refractivity (Wildman–Crippen MR) is 92.6 cm³/mol. The Hall–Kier alpha value is -2.95.